The van der Waals surface area contributed by atoms with E-state index in [1.165, 1.54) is 30.4 Å². The SMILES string of the molecule is COc1ccccc1C1(O)CCN(C[C@H](O)c2ccc3c(c2)CCCC3)CC1. The third kappa shape index (κ3) is 3.95. The highest BCUT2D eigenvalue weighted by molar-refractivity contribution is 5.38. The molecule has 2 N–H and O–H groups in total. The van der Waals surface area contributed by atoms with Gasteiger partial charge < -0.3 is 19.8 Å². The molecule has 0 unspecified atom stereocenters. The monoisotopic (exact) mass is 381 g/mol. The first-order valence-corrected chi connectivity index (χ1v) is 10.5. The van der Waals surface area contributed by atoms with E-state index in [9.17, 15) is 10.2 Å². The van der Waals surface area contributed by atoms with Crippen molar-refractivity contribution in [2.24, 2.45) is 0 Å². The van der Waals surface area contributed by atoms with E-state index in [2.05, 4.69) is 23.1 Å². The van der Waals surface area contributed by atoms with Crippen molar-refractivity contribution < 1.29 is 14.9 Å². The summed E-state index contributed by atoms with van der Waals surface area (Å²) in [4.78, 5) is 2.26. The molecule has 1 heterocycles. The van der Waals surface area contributed by atoms with Gasteiger partial charge in [0, 0.05) is 25.2 Å². The molecule has 0 saturated carbocycles. The minimum atomic E-state index is -0.861. The highest BCUT2D eigenvalue weighted by Gasteiger charge is 2.36. The van der Waals surface area contributed by atoms with Gasteiger partial charge in [-0.15, -0.1) is 0 Å². The number of rotatable bonds is 5. The first kappa shape index (κ1) is 19.4. The fraction of sp³-hybridized carbons (Fsp3) is 0.500. The summed E-state index contributed by atoms with van der Waals surface area (Å²) in [5, 5.41) is 22.0. The molecule has 2 aliphatic rings. The summed E-state index contributed by atoms with van der Waals surface area (Å²) in [5.41, 5.74) is 3.88. The Morgan fingerprint density at radius 2 is 1.75 bits per heavy atom. The van der Waals surface area contributed by atoms with Crippen LogP contribution in [0.1, 0.15) is 54.0 Å². The molecule has 150 valence electrons. The van der Waals surface area contributed by atoms with Gasteiger partial charge in [0.05, 0.1) is 18.8 Å². The van der Waals surface area contributed by atoms with E-state index in [0.717, 1.165) is 36.4 Å². The van der Waals surface area contributed by atoms with Crippen molar-refractivity contribution in [1.29, 1.82) is 0 Å². The number of fused-ring (bicyclic) bond motifs is 1. The largest absolute Gasteiger partial charge is 0.496 e. The minimum Gasteiger partial charge on any atom is -0.496 e. The first-order chi connectivity index (χ1) is 13.6. The Labute approximate surface area is 167 Å². The number of methoxy groups -OCH3 is 1. The van der Waals surface area contributed by atoms with Crippen LogP contribution in [0.2, 0.25) is 0 Å². The quantitative estimate of drug-likeness (QED) is 0.831. The Morgan fingerprint density at radius 3 is 2.50 bits per heavy atom. The Hall–Kier alpha value is -1.88. The Morgan fingerprint density at radius 1 is 1.04 bits per heavy atom. The van der Waals surface area contributed by atoms with Crippen molar-refractivity contribution in [3.05, 3.63) is 64.7 Å². The molecular weight excluding hydrogens is 350 g/mol. The molecule has 2 aromatic rings. The fourth-order valence-electron chi connectivity index (χ4n) is 4.71. The molecule has 4 rings (SSSR count). The number of nitrogens with zero attached hydrogens (tertiary/aromatic N) is 1. The van der Waals surface area contributed by atoms with Crippen molar-refractivity contribution in [2.75, 3.05) is 26.7 Å². The molecule has 1 saturated heterocycles. The maximum Gasteiger partial charge on any atom is 0.124 e. The summed E-state index contributed by atoms with van der Waals surface area (Å²) in [6, 6.07) is 14.2. The number of likely N-dealkylation sites (tertiary alicyclic amines) is 1. The molecule has 28 heavy (non-hydrogen) atoms. The molecule has 0 spiro atoms. The van der Waals surface area contributed by atoms with Crippen LogP contribution < -0.4 is 4.74 Å². The number of piperidine rings is 1. The summed E-state index contributed by atoms with van der Waals surface area (Å²) in [5.74, 6) is 0.743. The van der Waals surface area contributed by atoms with Gasteiger partial charge in [0.2, 0.25) is 0 Å². The number of benzene rings is 2. The average Bonchev–Trinajstić information content (AvgIpc) is 2.75. The number of hydrogen-bond donors (Lipinski definition) is 2. The summed E-state index contributed by atoms with van der Waals surface area (Å²) in [6.45, 7) is 2.13. The van der Waals surface area contributed by atoms with E-state index >= 15 is 0 Å². The molecule has 0 amide bonds. The molecule has 0 aromatic heterocycles. The third-order valence-corrected chi connectivity index (χ3v) is 6.48. The number of aliphatic hydroxyl groups is 2. The third-order valence-electron chi connectivity index (χ3n) is 6.48. The van der Waals surface area contributed by atoms with Gasteiger partial charge in [0.1, 0.15) is 5.75 Å². The van der Waals surface area contributed by atoms with E-state index in [1.807, 2.05) is 24.3 Å². The predicted octanol–water partition coefficient (Wildman–Crippen LogP) is 3.59. The minimum absolute atomic E-state index is 0.482. The van der Waals surface area contributed by atoms with Crippen molar-refractivity contribution in [3.63, 3.8) is 0 Å². The molecule has 2 aromatic carbocycles. The van der Waals surface area contributed by atoms with Crippen LogP contribution in [0.4, 0.5) is 0 Å². The second-order valence-electron chi connectivity index (χ2n) is 8.28. The van der Waals surface area contributed by atoms with Crippen LogP contribution in [0.15, 0.2) is 42.5 Å². The summed E-state index contributed by atoms with van der Waals surface area (Å²) in [7, 11) is 1.65. The highest BCUT2D eigenvalue weighted by Crippen LogP contribution is 2.38. The van der Waals surface area contributed by atoms with Crippen molar-refractivity contribution >= 4 is 0 Å². The van der Waals surface area contributed by atoms with E-state index in [4.69, 9.17) is 4.74 Å². The zero-order valence-corrected chi connectivity index (χ0v) is 16.7. The van der Waals surface area contributed by atoms with Crippen molar-refractivity contribution in [1.82, 2.24) is 4.90 Å². The molecule has 1 aliphatic carbocycles. The second kappa shape index (κ2) is 8.24. The van der Waals surface area contributed by atoms with Gasteiger partial charge in [0.15, 0.2) is 0 Å². The zero-order valence-electron chi connectivity index (χ0n) is 16.7. The summed E-state index contributed by atoms with van der Waals surface area (Å²) < 4.78 is 5.44. The molecule has 0 radical (unpaired) electrons. The Balaban J connectivity index is 1.39. The number of hydrogen-bond acceptors (Lipinski definition) is 4. The van der Waals surface area contributed by atoms with Gasteiger partial charge in [0.25, 0.3) is 0 Å². The van der Waals surface area contributed by atoms with Crippen LogP contribution in [-0.2, 0) is 18.4 Å². The van der Waals surface area contributed by atoms with Gasteiger partial charge in [-0.2, -0.15) is 0 Å². The average molecular weight is 382 g/mol. The molecule has 0 bridgehead atoms. The van der Waals surface area contributed by atoms with E-state index < -0.39 is 11.7 Å². The number of β-amino-alcohol motifs (C(OH)–C–C–N with tert-alkyl or cyclic N) is 1. The van der Waals surface area contributed by atoms with Crippen molar-refractivity contribution in [2.45, 2.75) is 50.2 Å². The lowest BCUT2D eigenvalue weighted by molar-refractivity contribution is -0.0358. The standard InChI is InChI=1S/C24H31NO3/c1-28-23-9-5-4-8-21(23)24(27)12-14-25(15-13-24)17-22(26)20-11-10-18-6-2-3-7-19(18)16-20/h4-5,8-11,16,22,26-27H,2-3,6-7,12-15,17H2,1H3/t22-/m0/s1. The van der Waals surface area contributed by atoms with Gasteiger partial charge in [-0.1, -0.05) is 36.4 Å². The van der Waals surface area contributed by atoms with Crippen LogP contribution in [0.3, 0.4) is 0 Å². The molecule has 1 atom stereocenters. The molecule has 4 heteroatoms. The molecule has 1 aliphatic heterocycles. The van der Waals surface area contributed by atoms with Gasteiger partial charge in [-0.3, -0.25) is 0 Å². The first-order valence-electron chi connectivity index (χ1n) is 10.5. The highest BCUT2D eigenvalue weighted by atomic mass is 16.5. The maximum absolute atomic E-state index is 11.2. The lowest BCUT2D eigenvalue weighted by Crippen LogP contribution is -2.44. The lowest BCUT2D eigenvalue weighted by Gasteiger charge is -2.39. The van der Waals surface area contributed by atoms with Crippen LogP contribution in [0.5, 0.6) is 5.75 Å². The number of para-hydroxylation sites is 1. The van der Waals surface area contributed by atoms with E-state index in [-0.39, 0.29) is 0 Å². The Bertz CT molecular complexity index is 811. The van der Waals surface area contributed by atoms with E-state index in [0.29, 0.717) is 19.4 Å². The van der Waals surface area contributed by atoms with Crippen LogP contribution in [0.25, 0.3) is 0 Å². The number of ether oxygens (including phenoxy) is 1. The van der Waals surface area contributed by atoms with Gasteiger partial charge in [-0.25, -0.2) is 0 Å². The smallest absolute Gasteiger partial charge is 0.124 e. The molecule has 4 nitrogen and oxygen atoms in total. The molecular formula is C24H31NO3. The summed E-state index contributed by atoms with van der Waals surface area (Å²) >= 11 is 0. The Kier molecular flexibility index (Phi) is 5.72. The topological polar surface area (TPSA) is 52.9 Å². The molecule has 1 fully saturated rings. The normalized spacial score (nSPS) is 20.4. The van der Waals surface area contributed by atoms with E-state index in [1.54, 1.807) is 7.11 Å². The lowest BCUT2D eigenvalue weighted by atomic mass is 9.83. The number of aliphatic hydroxyl groups excluding tert-OH is 1. The zero-order chi connectivity index (χ0) is 19.6. The van der Waals surface area contributed by atoms with Crippen LogP contribution in [-0.4, -0.2) is 41.9 Å². The second-order valence-corrected chi connectivity index (χ2v) is 8.28. The summed E-state index contributed by atoms with van der Waals surface area (Å²) in [6.07, 6.45) is 5.63. The predicted molar refractivity (Wildman–Crippen MR) is 111 cm³/mol. The van der Waals surface area contributed by atoms with Crippen molar-refractivity contribution in [3.8, 4) is 5.75 Å². The van der Waals surface area contributed by atoms with Gasteiger partial charge >= 0.3 is 0 Å². The maximum atomic E-state index is 11.2. The van der Waals surface area contributed by atoms with Crippen LogP contribution >= 0.6 is 0 Å². The number of aryl methyl sites for hydroxylation is 2. The fourth-order valence-corrected chi connectivity index (χ4v) is 4.71. The van der Waals surface area contributed by atoms with Crippen LogP contribution in [0, 0.1) is 0 Å². The van der Waals surface area contributed by atoms with Gasteiger partial charge in [-0.05, 0) is 61.3 Å².